The van der Waals surface area contributed by atoms with Gasteiger partial charge in [0, 0.05) is 31.1 Å². The summed E-state index contributed by atoms with van der Waals surface area (Å²) in [5, 5.41) is 0. The Morgan fingerprint density at radius 1 is 1.00 bits per heavy atom. The van der Waals surface area contributed by atoms with Crippen molar-refractivity contribution in [3.8, 4) is 0 Å². The Morgan fingerprint density at radius 3 is 2.57 bits per heavy atom. The number of allylic oxidation sites excluding steroid dienone is 2. The van der Waals surface area contributed by atoms with Gasteiger partial charge in [-0.05, 0) is 57.1 Å². The highest BCUT2D eigenvalue weighted by molar-refractivity contribution is 5.79. The van der Waals surface area contributed by atoms with E-state index in [2.05, 4.69) is 46.2 Å². The molecule has 1 aromatic carbocycles. The average Bonchev–Trinajstić information content (AvgIpc) is 3.23. The summed E-state index contributed by atoms with van der Waals surface area (Å²) in [6.07, 6.45) is 12.2. The van der Waals surface area contributed by atoms with Crippen LogP contribution in [0.15, 0.2) is 42.5 Å². The Labute approximate surface area is 169 Å². The minimum Gasteiger partial charge on any atom is -0.375 e. The van der Waals surface area contributed by atoms with Gasteiger partial charge in [0.05, 0.1) is 13.2 Å². The molecule has 0 bridgehead atoms. The molecule has 2 aliphatic heterocycles. The first-order valence-electron chi connectivity index (χ1n) is 11.1. The van der Waals surface area contributed by atoms with Crippen LogP contribution in [0.2, 0.25) is 0 Å². The van der Waals surface area contributed by atoms with Crippen molar-refractivity contribution in [2.24, 2.45) is 5.92 Å². The van der Waals surface area contributed by atoms with Crippen LogP contribution < -0.4 is 0 Å². The predicted molar refractivity (Wildman–Crippen MR) is 112 cm³/mol. The Kier molecular flexibility index (Phi) is 6.81. The van der Waals surface area contributed by atoms with Gasteiger partial charge in [0.15, 0.2) is 0 Å². The Balaban J connectivity index is 1.23. The minimum atomic E-state index is 0.229. The molecular formula is C24H34N2O2. The maximum atomic E-state index is 12.8. The molecule has 2 unspecified atom stereocenters. The number of carbonyl (C=O) groups is 1. The highest BCUT2D eigenvalue weighted by Crippen LogP contribution is 2.28. The van der Waals surface area contributed by atoms with Crippen LogP contribution in [0, 0.1) is 5.92 Å². The number of hydrogen-bond acceptors (Lipinski definition) is 3. The van der Waals surface area contributed by atoms with Crippen LogP contribution in [0.3, 0.4) is 0 Å². The molecule has 0 radical (unpaired) electrons. The van der Waals surface area contributed by atoms with E-state index >= 15 is 0 Å². The van der Waals surface area contributed by atoms with Gasteiger partial charge in [0.25, 0.3) is 0 Å². The van der Waals surface area contributed by atoms with Crippen LogP contribution >= 0.6 is 0 Å². The molecule has 0 aromatic heterocycles. The molecule has 0 saturated carbocycles. The van der Waals surface area contributed by atoms with E-state index in [9.17, 15) is 4.79 Å². The number of piperidine rings is 1. The molecule has 152 valence electrons. The maximum absolute atomic E-state index is 12.8. The number of benzene rings is 1. The smallest absolute Gasteiger partial charge is 0.226 e. The van der Waals surface area contributed by atoms with Gasteiger partial charge < -0.3 is 9.64 Å². The third-order valence-corrected chi connectivity index (χ3v) is 6.71. The second kappa shape index (κ2) is 9.71. The van der Waals surface area contributed by atoms with Crippen LogP contribution in [0.4, 0.5) is 0 Å². The minimum absolute atomic E-state index is 0.229. The van der Waals surface area contributed by atoms with Gasteiger partial charge in [-0.2, -0.15) is 0 Å². The molecule has 0 N–H and O–H groups in total. The van der Waals surface area contributed by atoms with E-state index in [1.807, 2.05) is 6.07 Å². The average molecular weight is 383 g/mol. The molecule has 1 amide bonds. The molecule has 2 heterocycles. The number of carbonyl (C=O) groups excluding carboxylic acids is 1. The van der Waals surface area contributed by atoms with Crippen molar-refractivity contribution in [3.63, 3.8) is 0 Å². The monoisotopic (exact) mass is 382 g/mol. The van der Waals surface area contributed by atoms with Gasteiger partial charge in [-0.1, -0.05) is 42.5 Å². The summed E-state index contributed by atoms with van der Waals surface area (Å²) in [5.41, 5.74) is 1.25. The van der Waals surface area contributed by atoms with Gasteiger partial charge in [-0.25, -0.2) is 0 Å². The second-order valence-electron chi connectivity index (χ2n) is 8.57. The summed E-state index contributed by atoms with van der Waals surface area (Å²) in [6, 6.07) is 11.6. The number of amides is 1. The third-order valence-electron chi connectivity index (χ3n) is 6.71. The first-order valence-corrected chi connectivity index (χ1v) is 11.1. The lowest BCUT2D eigenvalue weighted by Gasteiger charge is -2.40. The molecule has 3 aliphatic rings. The SMILES string of the molecule is O=C(C1CC=CCC1)N1CCC(N2CCCC2COCc2ccccc2)CC1. The number of hydrogen-bond donors (Lipinski definition) is 0. The zero-order chi connectivity index (χ0) is 19.2. The van der Waals surface area contributed by atoms with E-state index in [1.165, 1.54) is 24.9 Å². The van der Waals surface area contributed by atoms with Crippen LogP contribution in [-0.2, 0) is 16.1 Å². The Hall–Kier alpha value is -1.65. The molecule has 2 atom stereocenters. The van der Waals surface area contributed by atoms with Crippen LogP contribution in [0.1, 0.15) is 50.5 Å². The van der Waals surface area contributed by atoms with Crippen molar-refractivity contribution < 1.29 is 9.53 Å². The van der Waals surface area contributed by atoms with Gasteiger partial charge in [0.1, 0.15) is 0 Å². The quantitative estimate of drug-likeness (QED) is 0.697. The highest BCUT2D eigenvalue weighted by Gasteiger charge is 2.35. The molecule has 4 heteroatoms. The normalized spacial score (nSPS) is 26.6. The topological polar surface area (TPSA) is 32.8 Å². The number of rotatable bonds is 6. The van der Waals surface area contributed by atoms with E-state index in [0.29, 0.717) is 24.6 Å². The molecule has 1 aromatic rings. The summed E-state index contributed by atoms with van der Waals surface area (Å²) in [5.74, 6) is 0.624. The lowest BCUT2D eigenvalue weighted by Crippen LogP contribution is -2.50. The van der Waals surface area contributed by atoms with Crippen molar-refractivity contribution in [1.29, 1.82) is 0 Å². The fourth-order valence-corrected chi connectivity index (χ4v) is 5.10. The standard InChI is InChI=1S/C24H34N2O2/c27-24(21-10-5-2-6-11-21)25-16-13-22(14-17-25)26-15-7-12-23(26)19-28-18-20-8-3-1-4-9-20/h1-5,8-9,21-23H,6-7,10-19H2. The first kappa shape index (κ1) is 19.7. The van der Waals surface area contributed by atoms with Crippen molar-refractivity contribution in [2.45, 2.75) is 63.6 Å². The van der Waals surface area contributed by atoms with Gasteiger partial charge in [-0.3, -0.25) is 9.69 Å². The lowest BCUT2D eigenvalue weighted by molar-refractivity contribution is -0.137. The van der Waals surface area contributed by atoms with Crippen molar-refractivity contribution in [2.75, 3.05) is 26.2 Å². The van der Waals surface area contributed by atoms with Crippen LogP contribution in [-0.4, -0.2) is 54.0 Å². The summed E-state index contributed by atoms with van der Waals surface area (Å²) >= 11 is 0. The molecule has 0 spiro atoms. The lowest BCUT2D eigenvalue weighted by atomic mass is 9.92. The number of likely N-dealkylation sites (tertiary alicyclic amines) is 2. The fourth-order valence-electron chi connectivity index (χ4n) is 5.10. The van der Waals surface area contributed by atoms with E-state index in [1.54, 1.807) is 0 Å². The van der Waals surface area contributed by atoms with Gasteiger partial charge >= 0.3 is 0 Å². The maximum Gasteiger partial charge on any atom is 0.226 e. The molecule has 2 fully saturated rings. The Bertz CT molecular complexity index is 652. The van der Waals surface area contributed by atoms with Gasteiger partial charge in [0.2, 0.25) is 5.91 Å². The summed E-state index contributed by atoms with van der Waals surface area (Å²) < 4.78 is 6.05. The highest BCUT2D eigenvalue weighted by atomic mass is 16.5. The second-order valence-corrected chi connectivity index (χ2v) is 8.57. The number of ether oxygens (including phenoxy) is 1. The van der Waals surface area contributed by atoms with E-state index in [4.69, 9.17) is 4.74 Å². The van der Waals surface area contributed by atoms with Crippen molar-refractivity contribution in [1.82, 2.24) is 9.80 Å². The van der Waals surface area contributed by atoms with Crippen LogP contribution in [0.5, 0.6) is 0 Å². The largest absolute Gasteiger partial charge is 0.375 e. The third kappa shape index (κ3) is 4.84. The molecule has 2 saturated heterocycles. The summed E-state index contributed by atoms with van der Waals surface area (Å²) in [4.78, 5) is 17.6. The van der Waals surface area contributed by atoms with E-state index < -0.39 is 0 Å². The molecule has 28 heavy (non-hydrogen) atoms. The zero-order valence-electron chi connectivity index (χ0n) is 17.0. The van der Waals surface area contributed by atoms with Crippen LogP contribution in [0.25, 0.3) is 0 Å². The molecule has 4 nitrogen and oxygen atoms in total. The summed E-state index contributed by atoms with van der Waals surface area (Å²) in [7, 11) is 0. The van der Waals surface area contributed by atoms with Crippen molar-refractivity contribution >= 4 is 5.91 Å². The fraction of sp³-hybridized carbons (Fsp3) is 0.625. The van der Waals surface area contributed by atoms with E-state index in [0.717, 1.165) is 51.8 Å². The zero-order valence-corrected chi connectivity index (χ0v) is 17.0. The Morgan fingerprint density at radius 2 is 1.82 bits per heavy atom. The first-order chi connectivity index (χ1) is 13.8. The predicted octanol–water partition coefficient (Wildman–Crippen LogP) is 4.01. The summed E-state index contributed by atoms with van der Waals surface area (Å²) in [6.45, 7) is 4.57. The number of nitrogens with zero attached hydrogens (tertiary/aromatic N) is 2. The molecule has 4 rings (SSSR count). The van der Waals surface area contributed by atoms with Gasteiger partial charge in [-0.15, -0.1) is 0 Å². The van der Waals surface area contributed by atoms with Crippen molar-refractivity contribution in [3.05, 3.63) is 48.0 Å². The molecular weight excluding hydrogens is 348 g/mol. The van der Waals surface area contributed by atoms with E-state index in [-0.39, 0.29) is 5.92 Å². The molecule has 1 aliphatic carbocycles.